The van der Waals surface area contributed by atoms with Crippen LogP contribution in [0.2, 0.25) is 5.02 Å². The summed E-state index contributed by atoms with van der Waals surface area (Å²) in [6, 6.07) is 6.30. The van der Waals surface area contributed by atoms with Crippen LogP contribution >= 0.6 is 11.6 Å². The average molecular weight is 703 g/mol. The summed E-state index contributed by atoms with van der Waals surface area (Å²) >= 11 is 6.37. The van der Waals surface area contributed by atoms with Gasteiger partial charge in [0.05, 0.1) is 11.1 Å². The molecular formula is C33H37ClF6N4O4. The summed E-state index contributed by atoms with van der Waals surface area (Å²) in [5.41, 5.74) is -2.23. The van der Waals surface area contributed by atoms with Crippen molar-refractivity contribution < 1.29 is 45.5 Å². The van der Waals surface area contributed by atoms with Gasteiger partial charge in [-0.3, -0.25) is 14.5 Å². The summed E-state index contributed by atoms with van der Waals surface area (Å²) in [6.07, 6.45) is -9.24. The van der Waals surface area contributed by atoms with Crippen molar-refractivity contribution in [2.45, 2.75) is 51.6 Å². The van der Waals surface area contributed by atoms with E-state index in [4.69, 9.17) is 16.3 Å². The van der Waals surface area contributed by atoms with Gasteiger partial charge < -0.3 is 19.4 Å². The van der Waals surface area contributed by atoms with E-state index in [1.807, 2.05) is 13.0 Å². The fraction of sp³-hybridized carbons (Fsp3) is 0.545. The first kappa shape index (κ1) is 35.8. The number of benzene rings is 2. The van der Waals surface area contributed by atoms with Gasteiger partial charge >= 0.3 is 18.4 Å². The van der Waals surface area contributed by atoms with E-state index in [2.05, 4.69) is 4.90 Å². The van der Waals surface area contributed by atoms with Crippen LogP contribution in [0.15, 0.2) is 36.4 Å². The molecule has 0 aliphatic carbocycles. The molecule has 262 valence electrons. The average Bonchev–Trinajstić information content (AvgIpc) is 3.59. The van der Waals surface area contributed by atoms with Gasteiger partial charge in [-0.05, 0) is 67.6 Å². The predicted octanol–water partition coefficient (Wildman–Crippen LogP) is 6.73. The summed E-state index contributed by atoms with van der Waals surface area (Å²) in [5, 5.41) is 0.506. The molecule has 2 aromatic rings. The Hall–Kier alpha value is -3.52. The molecule has 15 heteroatoms. The highest BCUT2D eigenvalue weighted by atomic mass is 35.5. The second kappa shape index (κ2) is 14.1. The Morgan fingerprint density at radius 1 is 0.875 bits per heavy atom. The van der Waals surface area contributed by atoms with Crippen LogP contribution in [0.25, 0.3) is 0 Å². The smallest absolute Gasteiger partial charge is 0.416 e. The van der Waals surface area contributed by atoms with Crippen LogP contribution in [0.5, 0.6) is 0 Å². The lowest BCUT2D eigenvalue weighted by molar-refractivity contribution is -0.143. The number of ether oxygens (including phenoxy) is 1. The summed E-state index contributed by atoms with van der Waals surface area (Å²) < 4.78 is 85.8. The molecule has 3 amide bonds. The molecule has 3 fully saturated rings. The highest BCUT2D eigenvalue weighted by Crippen LogP contribution is 2.38. The third-order valence-electron chi connectivity index (χ3n) is 9.38. The van der Waals surface area contributed by atoms with Gasteiger partial charge in [-0.1, -0.05) is 17.7 Å². The lowest BCUT2D eigenvalue weighted by Gasteiger charge is -2.32. The van der Waals surface area contributed by atoms with Crippen LogP contribution in [0.1, 0.15) is 53.2 Å². The van der Waals surface area contributed by atoms with Crippen molar-refractivity contribution in [2.75, 3.05) is 57.3 Å². The molecule has 3 heterocycles. The lowest BCUT2D eigenvalue weighted by atomic mass is 10.0. The number of carbonyl (C=O) groups is 3. The van der Waals surface area contributed by atoms with E-state index in [1.54, 1.807) is 21.9 Å². The summed E-state index contributed by atoms with van der Waals surface area (Å²) in [7, 11) is 0. The van der Waals surface area contributed by atoms with Gasteiger partial charge in [-0.2, -0.15) is 26.3 Å². The maximum absolute atomic E-state index is 13.4. The Balaban J connectivity index is 1.17. The minimum atomic E-state index is -5.04. The van der Waals surface area contributed by atoms with Gasteiger partial charge in [-0.15, -0.1) is 0 Å². The zero-order chi connectivity index (χ0) is 35.0. The number of alkyl halides is 6. The highest BCUT2D eigenvalue weighted by molar-refractivity contribution is 6.31. The standard InChI is InChI=1S/C33H37ClF6N4O4/c1-20-4-5-27(15-29(20)34)44(31(47)48-28-6-10-42(11-7-28)21(2)45)9-3-8-41-16-23-18-43(19-24(23)17-41)30(46)22-12-25(32(35,36)37)14-26(13-22)33(38,39)40/h4-5,12-15,23-24,28H,3,6-11,16-19H2,1-2H3. The zero-order valence-corrected chi connectivity index (χ0v) is 27.3. The fourth-order valence-electron chi connectivity index (χ4n) is 6.72. The Labute approximate surface area is 279 Å². The first-order valence-electron chi connectivity index (χ1n) is 15.8. The second-order valence-electron chi connectivity index (χ2n) is 12.8. The second-order valence-corrected chi connectivity index (χ2v) is 13.2. The number of likely N-dealkylation sites (tertiary alicyclic amines) is 3. The maximum atomic E-state index is 13.4. The van der Waals surface area contributed by atoms with Gasteiger partial charge in [0.25, 0.3) is 5.91 Å². The molecule has 2 unspecified atom stereocenters. The normalized spacial score (nSPS) is 20.6. The Bertz CT molecular complexity index is 1480. The van der Waals surface area contributed by atoms with Crippen LogP contribution in [-0.4, -0.2) is 91.1 Å². The van der Waals surface area contributed by atoms with Crippen molar-refractivity contribution >= 4 is 35.2 Å². The minimum Gasteiger partial charge on any atom is -0.446 e. The number of halogens is 7. The van der Waals surface area contributed by atoms with Crippen LogP contribution in [0.3, 0.4) is 0 Å². The van der Waals surface area contributed by atoms with E-state index in [0.29, 0.717) is 81.4 Å². The molecule has 48 heavy (non-hydrogen) atoms. The van der Waals surface area contributed by atoms with E-state index in [-0.39, 0.29) is 43.0 Å². The molecule has 3 aliphatic heterocycles. The summed E-state index contributed by atoms with van der Waals surface area (Å²) in [4.78, 5) is 44.9. The first-order valence-corrected chi connectivity index (χ1v) is 16.2. The lowest BCUT2D eigenvalue weighted by Crippen LogP contribution is -2.43. The van der Waals surface area contributed by atoms with E-state index in [9.17, 15) is 40.7 Å². The number of piperidine rings is 1. The molecule has 3 saturated heterocycles. The van der Waals surface area contributed by atoms with E-state index >= 15 is 0 Å². The predicted molar refractivity (Wildman–Crippen MR) is 166 cm³/mol. The molecule has 0 N–H and O–H groups in total. The van der Waals surface area contributed by atoms with E-state index in [1.165, 1.54) is 11.8 Å². The largest absolute Gasteiger partial charge is 0.446 e. The van der Waals surface area contributed by atoms with Crippen molar-refractivity contribution in [2.24, 2.45) is 11.8 Å². The van der Waals surface area contributed by atoms with Crippen LogP contribution in [0.4, 0.5) is 36.8 Å². The van der Waals surface area contributed by atoms with Crippen molar-refractivity contribution in [3.63, 3.8) is 0 Å². The van der Waals surface area contributed by atoms with Gasteiger partial charge in [0.1, 0.15) is 6.10 Å². The number of nitrogens with zero attached hydrogens (tertiary/aromatic N) is 4. The van der Waals surface area contributed by atoms with Gasteiger partial charge in [-0.25, -0.2) is 4.79 Å². The molecule has 0 aromatic heterocycles. The number of anilines is 1. The summed E-state index contributed by atoms with van der Waals surface area (Å²) in [5.74, 6) is -0.846. The Morgan fingerprint density at radius 3 is 1.98 bits per heavy atom. The topological polar surface area (TPSA) is 73.4 Å². The quantitative estimate of drug-likeness (QED) is 0.299. The molecule has 5 rings (SSSR count). The van der Waals surface area contributed by atoms with Crippen molar-refractivity contribution in [1.29, 1.82) is 0 Å². The molecule has 0 spiro atoms. The molecule has 0 radical (unpaired) electrons. The van der Waals surface area contributed by atoms with Crippen LogP contribution in [0, 0.1) is 18.8 Å². The monoisotopic (exact) mass is 702 g/mol. The van der Waals surface area contributed by atoms with Crippen molar-refractivity contribution in [3.8, 4) is 0 Å². The Kier molecular flexibility index (Phi) is 10.5. The molecule has 0 saturated carbocycles. The number of hydrogen-bond donors (Lipinski definition) is 0. The molecular weight excluding hydrogens is 666 g/mol. The highest BCUT2D eigenvalue weighted by Gasteiger charge is 2.43. The zero-order valence-electron chi connectivity index (χ0n) is 26.5. The van der Waals surface area contributed by atoms with E-state index < -0.39 is 41.0 Å². The fourth-order valence-corrected chi connectivity index (χ4v) is 6.90. The molecule has 2 atom stereocenters. The molecule has 8 nitrogen and oxygen atoms in total. The third-order valence-corrected chi connectivity index (χ3v) is 9.79. The van der Waals surface area contributed by atoms with Crippen LogP contribution in [-0.2, 0) is 21.9 Å². The van der Waals surface area contributed by atoms with Gasteiger partial charge in [0.2, 0.25) is 5.91 Å². The summed E-state index contributed by atoms with van der Waals surface area (Å²) in [6.45, 7) is 6.98. The number of rotatable bonds is 7. The Morgan fingerprint density at radius 2 is 1.46 bits per heavy atom. The number of carbonyl (C=O) groups excluding carboxylic acids is 3. The molecule has 3 aliphatic rings. The van der Waals surface area contributed by atoms with Gasteiger partial charge in [0.15, 0.2) is 0 Å². The SMILES string of the molecule is CC(=O)N1CCC(OC(=O)N(CCCN2CC3CN(C(=O)c4cc(C(F)(F)F)cc(C(F)(F)F)c4)CC3C2)c2ccc(C)c(Cl)c2)CC1. The van der Waals surface area contributed by atoms with Crippen LogP contribution < -0.4 is 4.90 Å². The third kappa shape index (κ3) is 8.36. The molecule has 2 aromatic carbocycles. The van der Waals surface area contributed by atoms with Crippen molar-refractivity contribution in [1.82, 2.24) is 14.7 Å². The number of aryl methyl sites for hydroxylation is 1. The minimum absolute atomic E-state index is 0.0136. The van der Waals surface area contributed by atoms with Crippen molar-refractivity contribution in [3.05, 3.63) is 63.7 Å². The number of amides is 3. The van der Waals surface area contributed by atoms with Gasteiger partial charge in [0, 0.05) is 81.9 Å². The first-order chi connectivity index (χ1) is 22.5. The number of fused-ring (bicyclic) bond motifs is 1. The molecule has 0 bridgehead atoms. The number of hydrogen-bond acceptors (Lipinski definition) is 5. The van der Waals surface area contributed by atoms with E-state index in [0.717, 1.165) is 5.56 Å². The maximum Gasteiger partial charge on any atom is 0.416 e.